The molecule has 10 heteroatoms. The van der Waals surface area contributed by atoms with Crippen LogP contribution in [0.15, 0.2) is 53.9 Å². The van der Waals surface area contributed by atoms with Gasteiger partial charge in [0.25, 0.3) is 0 Å². The van der Waals surface area contributed by atoms with Gasteiger partial charge in [-0.15, -0.1) is 0 Å². The maximum atomic E-state index is 12.5. The van der Waals surface area contributed by atoms with Crippen molar-refractivity contribution in [1.82, 2.24) is 4.90 Å². The molecule has 0 fully saturated rings. The number of fused-ring (bicyclic) bond motifs is 2. The lowest BCUT2D eigenvalue weighted by molar-refractivity contribution is -0.213. The van der Waals surface area contributed by atoms with Crippen LogP contribution in [0.3, 0.4) is 0 Å². The lowest BCUT2D eigenvalue weighted by Crippen LogP contribution is -2.34. The topological polar surface area (TPSA) is 96.3 Å². The SMILES string of the molecule is CN(C(=O)OCC1C2=C(CCC=C2)c2ccccc21)/C(=C/OCC(O)C(F)(F)F)C(=O)O. The molecule has 2 atom stereocenters. The number of rotatable bonds is 7. The number of amides is 1. The van der Waals surface area contributed by atoms with Crippen LogP contribution in [0.4, 0.5) is 18.0 Å². The van der Waals surface area contributed by atoms with Crippen LogP contribution in [0.25, 0.3) is 5.57 Å². The van der Waals surface area contributed by atoms with Gasteiger partial charge in [0.05, 0.1) is 0 Å². The molecule has 2 aliphatic carbocycles. The van der Waals surface area contributed by atoms with Gasteiger partial charge in [0.15, 0.2) is 11.8 Å². The number of carbonyl (C=O) groups is 2. The number of aliphatic hydroxyl groups is 1. The third-order valence-corrected chi connectivity index (χ3v) is 5.30. The number of ether oxygens (including phenoxy) is 2. The number of nitrogens with zero attached hydrogens (tertiary/aromatic N) is 1. The Morgan fingerprint density at radius 1 is 1.31 bits per heavy atom. The first kappa shape index (κ1) is 23.4. The smallest absolute Gasteiger partial charge is 0.417 e. The largest absolute Gasteiger partial charge is 0.496 e. The van der Waals surface area contributed by atoms with Crippen LogP contribution in [0.5, 0.6) is 0 Å². The first-order valence-corrected chi connectivity index (χ1v) is 9.80. The fourth-order valence-corrected chi connectivity index (χ4v) is 3.66. The number of carbonyl (C=O) groups excluding carboxylic acids is 1. The molecule has 0 aromatic heterocycles. The van der Waals surface area contributed by atoms with Gasteiger partial charge < -0.3 is 19.7 Å². The van der Waals surface area contributed by atoms with Crippen molar-refractivity contribution in [2.45, 2.75) is 31.0 Å². The van der Waals surface area contributed by atoms with E-state index in [1.165, 1.54) is 5.57 Å². The molecule has 0 spiro atoms. The Labute approximate surface area is 182 Å². The second-order valence-electron chi connectivity index (χ2n) is 7.35. The van der Waals surface area contributed by atoms with E-state index in [1.54, 1.807) is 0 Å². The summed E-state index contributed by atoms with van der Waals surface area (Å²) in [5.74, 6) is -1.82. The molecular weight excluding hydrogens is 431 g/mol. The second kappa shape index (κ2) is 9.47. The van der Waals surface area contributed by atoms with Crippen molar-refractivity contribution in [3.63, 3.8) is 0 Å². The minimum atomic E-state index is -4.92. The second-order valence-corrected chi connectivity index (χ2v) is 7.35. The van der Waals surface area contributed by atoms with Crippen LogP contribution in [-0.2, 0) is 14.3 Å². The van der Waals surface area contributed by atoms with Crippen molar-refractivity contribution >= 4 is 17.6 Å². The van der Waals surface area contributed by atoms with Gasteiger partial charge in [0.1, 0.15) is 19.5 Å². The zero-order chi connectivity index (χ0) is 23.5. The van der Waals surface area contributed by atoms with Crippen molar-refractivity contribution < 1.29 is 42.4 Å². The lowest BCUT2D eigenvalue weighted by atomic mass is 9.93. The number of hydrogen-bond acceptors (Lipinski definition) is 5. The molecule has 32 heavy (non-hydrogen) atoms. The van der Waals surface area contributed by atoms with Gasteiger partial charge in [-0.05, 0) is 35.1 Å². The molecule has 0 heterocycles. The molecule has 0 radical (unpaired) electrons. The average molecular weight is 453 g/mol. The highest BCUT2D eigenvalue weighted by atomic mass is 19.4. The Hall–Kier alpha value is -3.27. The molecule has 7 nitrogen and oxygen atoms in total. The van der Waals surface area contributed by atoms with Gasteiger partial charge >= 0.3 is 18.2 Å². The molecule has 172 valence electrons. The van der Waals surface area contributed by atoms with Crippen molar-refractivity contribution in [1.29, 1.82) is 0 Å². The van der Waals surface area contributed by atoms with Crippen molar-refractivity contribution in [2.75, 3.05) is 20.3 Å². The van der Waals surface area contributed by atoms with E-state index < -0.39 is 36.6 Å². The summed E-state index contributed by atoms with van der Waals surface area (Å²) in [4.78, 5) is 24.5. The van der Waals surface area contributed by atoms with E-state index in [4.69, 9.17) is 9.84 Å². The molecule has 0 saturated carbocycles. The monoisotopic (exact) mass is 453 g/mol. The molecule has 1 aromatic rings. The highest BCUT2D eigenvalue weighted by Gasteiger charge is 2.38. The van der Waals surface area contributed by atoms with Gasteiger partial charge in [-0.25, -0.2) is 9.59 Å². The number of hydrogen-bond donors (Lipinski definition) is 2. The summed E-state index contributed by atoms with van der Waals surface area (Å²) in [6.45, 7) is -1.25. The van der Waals surface area contributed by atoms with E-state index in [2.05, 4.69) is 4.74 Å². The Bertz CT molecular complexity index is 982. The van der Waals surface area contributed by atoms with Crippen LogP contribution in [0.1, 0.15) is 29.9 Å². The Morgan fingerprint density at radius 2 is 2.03 bits per heavy atom. The van der Waals surface area contributed by atoms with Crippen LogP contribution >= 0.6 is 0 Å². The molecule has 1 amide bonds. The summed E-state index contributed by atoms with van der Waals surface area (Å²) in [5, 5.41) is 18.2. The standard InChI is InChI=1S/C22H22F3NO6/c1-26(18(20(28)29)11-31-12-19(27)22(23,24)25)21(30)32-10-17-15-8-4-2-6-13(15)14-7-3-5-9-16(14)17/h2,4-6,8-9,11,17,19,27H,3,7,10,12H2,1H3,(H,28,29)/b18-11+. The Kier molecular flexibility index (Phi) is 6.93. The average Bonchev–Trinajstić information content (AvgIpc) is 3.07. The number of halogens is 3. The molecule has 0 saturated heterocycles. The van der Waals surface area contributed by atoms with E-state index >= 15 is 0 Å². The quantitative estimate of drug-likeness (QED) is 0.481. The van der Waals surface area contributed by atoms with Crippen molar-refractivity contribution in [3.05, 3.63) is 65.1 Å². The minimum Gasteiger partial charge on any atom is -0.496 e. The molecule has 2 aliphatic rings. The fraction of sp³-hybridized carbons (Fsp3) is 0.364. The highest BCUT2D eigenvalue weighted by molar-refractivity contribution is 5.90. The molecule has 0 bridgehead atoms. The van der Waals surface area contributed by atoms with Crippen LogP contribution in [0.2, 0.25) is 0 Å². The number of likely N-dealkylation sites (N-methyl/N-ethyl adjacent to an activating group) is 1. The third kappa shape index (κ3) is 4.96. The number of carboxylic acid groups (broad SMARTS) is 1. The zero-order valence-electron chi connectivity index (χ0n) is 17.1. The highest BCUT2D eigenvalue weighted by Crippen LogP contribution is 2.46. The number of aliphatic carboxylic acids is 1. The predicted molar refractivity (Wildman–Crippen MR) is 107 cm³/mol. The van der Waals surface area contributed by atoms with E-state index in [0.29, 0.717) is 11.2 Å². The van der Waals surface area contributed by atoms with Crippen LogP contribution in [0, 0.1) is 0 Å². The normalized spacial score (nSPS) is 18.7. The summed E-state index contributed by atoms with van der Waals surface area (Å²) in [6.07, 6.45) is -2.41. The number of aliphatic hydroxyl groups excluding tert-OH is 1. The van der Waals surface area contributed by atoms with Gasteiger partial charge in [-0.2, -0.15) is 13.2 Å². The van der Waals surface area contributed by atoms with E-state index in [9.17, 15) is 27.9 Å². The lowest BCUT2D eigenvalue weighted by Gasteiger charge is -2.21. The first-order valence-electron chi connectivity index (χ1n) is 9.80. The fourth-order valence-electron chi connectivity index (χ4n) is 3.66. The van der Waals surface area contributed by atoms with Crippen LogP contribution < -0.4 is 0 Å². The van der Waals surface area contributed by atoms with Crippen LogP contribution in [-0.4, -0.2) is 59.7 Å². The summed E-state index contributed by atoms with van der Waals surface area (Å²) < 4.78 is 46.9. The summed E-state index contributed by atoms with van der Waals surface area (Å²) in [7, 11) is 1.10. The third-order valence-electron chi connectivity index (χ3n) is 5.30. The maximum absolute atomic E-state index is 12.5. The van der Waals surface area contributed by atoms with Gasteiger partial charge in [0, 0.05) is 13.0 Å². The van der Waals surface area contributed by atoms with E-state index in [-0.39, 0.29) is 12.5 Å². The molecule has 3 rings (SSSR count). The first-order chi connectivity index (χ1) is 15.1. The predicted octanol–water partition coefficient (Wildman–Crippen LogP) is 3.82. The van der Waals surface area contributed by atoms with E-state index in [0.717, 1.165) is 36.6 Å². The summed E-state index contributed by atoms with van der Waals surface area (Å²) in [6, 6.07) is 7.78. The van der Waals surface area contributed by atoms with Gasteiger partial charge in [-0.3, -0.25) is 4.90 Å². The van der Waals surface area contributed by atoms with Crippen molar-refractivity contribution in [2.24, 2.45) is 0 Å². The molecule has 1 aromatic carbocycles. The summed E-state index contributed by atoms with van der Waals surface area (Å²) in [5.41, 5.74) is 3.61. The van der Waals surface area contributed by atoms with E-state index in [1.807, 2.05) is 36.4 Å². The molecule has 2 N–H and O–H groups in total. The maximum Gasteiger partial charge on any atom is 0.417 e. The summed E-state index contributed by atoms with van der Waals surface area (Å²) >= 11 is 0. The zero-order valence-corrected chi connectivity index (χ0v) is 17.1. The number of carboxylic acids is 1. The van der Waals surface area contributed by atoms with Gasteiger partial charge in [-0.1, -0.05) is 36.4 Å². The Morgan fingerprint density at radius 3 is 2.72 bits per heavy atom. The van der Waals surface area contributed by atoms with Crippen molar-refractivity contribution in [3.8, 4) is 0 Å². The molecule has 0 aliphatic heterocycles. The number of allylic oxidation sites excluding steroid dienone is 3. The molecule has 2 unspecified atom stereocenters. The van der Waals surface area contributed by atoms with Gasteiger partial charge in [0.2, 0.25) is 0 Å². The number of benzene rings is 1. The number of alkyl halides is 3. The molecular formula is C22H22F3NO6. The Balaban J connectivity index is 1.67. The minimum absolute atomic E-state index is 0.0378.